The van der Waals surface area contributed by atoms with Crippen molar-refractivity contribution in [3.05, 3.63) is 47.5 Å². The molecule has 1 heterocycles. The van der Waals surface area contributed by atoms with E-state index in [0.717, 1.165) is 32.5 Å². The summed E-state index contributed by atoms with van der Waals surface area (Å²) in [5.74, 6) is 0. The zero-order valence-electron chi connectivity index (χ0n) is 10.3. The second-order valence-electron chi connectivity index (χ2n) is 4.54. The van der Waals surface area contributed by atoms with E-state index in [9.17, 15) is 0 Å². The van der Waals surface area contributed by atoms with Gasteiger partial charge in [0.1, 0.15) is 0 Å². The highest BCUT2D eigenvalue weighted by Gasteiger charge is 2.08. The number of pyridine rings is 1. The van der Waals surface area contributed by atoms with Crippen LogP contribution in [0.4, 0.5) is 5.69 Å². The monoisotopic (exact) mass is 256 g/mol. The Kier molecular flexibility index (Phi) is 2.60. The van der Waals surface area contributed by atoms with Crippen LogP contribution in [-0.2, 0) is 0 Å². The maximum atomic E-state index is 6.46. The third-order valence-electron chi connectivity index (χ3n) is 3.10. The van der Waals surface area contributed by atoms with E-state index in [0.29, 0.717) is 0 Å². The fourth-order valence-electron chi connectivity index (χ4n) is 2.15. The summed E-state index contributed by atoms with van der Waals surface area (Å²) in [7, 11) is 3.98. The predicted octanol–water partition coefficient (Wildman–Crippen LogP) is 4.11. The number of para-hydroxylation sites is 1. The van der Waals surface area contributed by atoms with Crippen LogP contribution in [0.2, 0.25) is 5.02 Å². The van der Waals surface area contributed by atoms with Crippen molar-refractivity contribution in [1.29, 1.82) is 0 Å². The van der Waals surface area contributed by atoms with E-state index in [4.69, 9.17) is 11.6 Å². The predicted molar refractivity (Wildman–Crippen MR) is 78.6 cm³/mol. The molecule has 2 nitrogen and oxygen atoms in total. The number of aromatic nitrogens is 1. The summed E-state index contributed by atoms with van der Waals surface area (Å²) in [6, 6.07) is 14.2. The SMILES string of the molecule is CN(C)c1ccc2nc3ccccc3cc2c1Cl. The molecule has 3 aromatic rings. The number of nitrogens with zero attached hydrogens (tertiary/aromatic N) is 2. The maximum absolute atomic E-state index is 6.46. The number of fused-ring (bicyclic) bond motifs is 2. The fourth-order valence-corrected chi connectivity index (χ4v) is 2.53. The zero-order chi connectivity index (χ0) is 12.7. The van der Waals surface area contributed by atoms with Crippen molar-refractivity contribution in [2.75, 3.05) is 19.0 Å². The third kappa shape index (κ3) is 1.70. The van der Waals surface area contributed by atoms with Gasteiger partial charge in [0.2, 0.25) is 0 Å². The molecule has 0 bridgehead atoms. The van der Waals surface area contributed by atoms with Gasteiger partial charge in [0, 0.05) is 24.9 Å². The standard InChI is InChI=1S/C15H13ClN2/c1-18(2)14-8-7-13-11(15(14)16)9-10-5-3-4-6-12(10)17-13/h3-9H,1-2H3. The van der Waals surface area contributed by atoms with E-state index < -0.39 is 0 Å². The van der Waals surface area contributed by atoms with Crippen LogP contribution in [0.5, 0.6) is 0 Å². The fraction of sp³-hybridized carbons (Fsp3) is 0.133. The largest absolute Gasteiger partial charge is 0.376 e. The van der Waals surface area contributed by atoms with Gasteiger partial charge < -0.3 is 4.90 Å². The van der Waals surface area contributed by atoms with E-state index >= 15 is 0 Å². The molecular formula is C15H13ClN2. The number of rotatable bonds is 1. The van der Waals surface area contributed by atoms with Crippen molar-refractivity contribution in [2.45, 2.75) is 0 Å². The molecule has 0 amide bonds. The molecule has 3 heteroatoms. The van der Waals surface area contributed by atoms with Crippen LogP contribution in [0.15, 0.2) is 42.5 Å². The number of hydrogen-bond donors (Lipinski definition) is 0. The lowest BCUT2D eigenvalue weighted by Crippen LogP contribution is -2.09. The molecule has 0 radical (unpaired) electrons. The summed E-state index contributed by atoms with van der Waals surface area (Å²) >= 11 is 6.46. The molecule has 0 spiro atoms. The Labute approximate surface area is 111 Å². The quantitative estimate of drug-likeness (QED) is 0.609. The highest BCUT2D eigenvalue weighted by atomic mass is 35.5. The molecule has 0 aliphatic heterocycles. The van der Waals surface area contributed by atoms with Gasteiger partial charge in [-0.2, -0.15) is 0 Å². The van der Waals surface area contributed by atoms with Gasteiger partial charge in [-0.25, -0.2) is 4.98 Å². The van der Waals surface area contributed by atoms with E-state index in [-0.39, 0.29) is 0 Å². The molecular weight excluding hydrogens is 244 g/mol. The van der Waals surface area contributed by atoms with Gasteiger partial charge in [-0.3, -0.25) is 0 Å². The Morgan fingerprint density at radius 2 is 1.78 bits per heavy atom. The maximum Gasteiger partial charge on any atom is 0.0733 e. The Bertz CT molecular complexity index is 735. The highest BCUT2D eigenvalue weighted by Crippen LogP contribution is 2.33. The van der Waals surface area contributed by atoms with Gasteiger partial charge in [-0.15, -0.1) is 0 Å². The van der Waals surface area contributed by atoms with Crippen molar-refractivity contribution in [3.8, 4) is 0 Å². The number of benzene rings is 2. The number of hydrogen-bond acceptors (Lipinski definition) is 2. The van der Waals surface area contributed by atoms with Gasteiger partial charge in [0.15, 0.2) is 0 Å². The van der Waals surface area contributed by atoms with Crippen molar-refractivity contribution in [2.24, 2.45) is 0 Å². The van der Waals surface area contributed by atoms with Crippen LogP contribution in [0.25, 0.3) is 21.8 Å². The van der Waals surface area contributed by atoms with E-state index in [1.54, 1.807) is 0 Å². The lowest BCUT2D eigenvalue weighted by atomic mass is 10.1. The first-order valence-electron chi connectivity index (χ1n) is 5.82. The average molecular weight is 257 g/mol. The molecule has 0 atom stereocenters. The van der Waals surface area contributed by atoms with Crippen molar-refractivity contribution < 1.29 is 0 Å². The van der Waals surface area contributed by atoms with Crippen molar-refractivity contribution in [1.82, 2.24) is 4.98 Å². The molecule has 0 aliphatic carbocycles. The minimum Gasteiger partial charge on any atom is -0.376 e. The molecule has 0 saturated carbocycles. The topological polar surface area (TPSA) is 16.1 Å². The molecule has 90 valence electrons. The van der Waals surface area contributed by atoms with Gasteiger partial charge in [0.05, 0.1) is 21.7 Å². The minimum absolute atomic E-state index is 0.760. The van der Waals surface area contributed by atoms with Crippen LogP contribution in [0, 0.1) is 0 Å². The molecule has 1 aromatic heterocycles. The van der Waals surface area contributed by atoms with Crippen molar-refractivity contribution >= 4 is 39.1 Å². The first-order valence-corrected chi connectivity index (χ1v) is 6.20. The van der Waals surface area contributed by atoms with Gasteiger partial charge >= 0.3 is 0 Å². The lowest BCUT2D eigenvalue weighted by Gasteiger charge is -2.15. The Hall–Kier alpha value is -1.80. The third-order valence-corrected chi connectivity index (χ3v) is 3.49. The molecule has 0 fully saturated rings. The van der Waals surface area contributed by atoms with Crippen LogP contribution < -0.4 is 4.90 Å². The van der Waals surface area contributed by atoms with Crippen LogP contribution in [0.3, 0.4) is 0 Å². The Morgan fingerprint density at radius 1 is 1.00 bits per heavy atom. The average Bonchev–Trinajstić information content (AvgIpc) is 2.37. The molecule has 0 aliphatic rings. The van der Waals surface area contributed by atoms with Crippen LogP contribution in [-0.4, -0.2) is 19.1 Å². The zero-order valence-corrected chi connectivity index (χ0v) is 11.1. The molecule has 2 aromatic carbocycles. The molecule has 0 saturated heterocycles. The first-order chi connectivity index (χ1) is 8.66. The second-order valence-corrected chi connectivity index (χ2v) is 4.92. The molecule has 18 heavy (non-hydrogen) atoms. The van der Waals surface area contributed by atoms with E-state index in [1.165, 1.54) is 0 Å². The number of halogens is 1. The summed E-state index contributed by atoms with van der Waals surface area (Å²) in [6.07, 6.45) is 0. The van der Waals surface area contributed by atoms with Gasteiger partial charge in [-0.05, 0) is 24.3 Å². The number of anilines is 1. The van der Waals surface area contributed by atoms with Gasteiger partial charge in [-0.1, -0.05) is 29.8 Å². The first kappa shape index (κ1) is 11.3. The molecule has 0 unspecified atom stereocenters. The summed E-state index contributed by atoms with van der Waals surface area (Å²) < 4.78 is 0. The smallest absolute Gasteiger partial charge is 0.0733 e. The highest BCUT2D eigenvalue weighted by molar-refractivity contribution is 6.38. The van der Waals surface area contributed by atoms with E-state index in [1.807, 2.05) is 49.3 Å². The van der Waals surface area contributed by atoms with Gasteiger partial charge in [0.25, 0.3) is 0 Å². The summed E-state index contributed by atoms with van der Waals surface area (Å²) in [4.78, 5) is 6.65. The normalized spacial score (nSPS) is 11.1. The van der Waals surface area contributed by atoms with Crippen LogP contribution >= 0.6 is 11.6 Å². The van der Waals surface area contributed by atoms with E-state index in [2.05, 4.69) is 17.1 Å². The summed E-state index contributed by atoms with van der Waals surface area (Å²) in [5.41, 5.74) is 2.95. The second kappa shape index (κ2) is 4.14. The van der Waals surface area contributed by atoms with Crippen LogP contribution in [0.1, 0.15) is 0 Å². The lowest BCUT2D eigenvalue weighted by molar-refractivity contribution is 1.13. The summed E-state index contributed by atoms with van der Waals surface area (Å²) in [5, 5.41) is 2.88. The Morgan fingerprint density at radius 3 is 2.56 bits per heavy atom. The summed E-state index contributed by atoms with van der Waals surface area (Å²) in [6.45, 7) is 0. The molecule has 3 rings (SSSR count). The Balaban J connectivity index is 2.40. The molecule has 0 N–H and O–H groups in total. The minimum atomic E-state index is 0.760. The van der Waals surface area contributed by atoms with Crippen molar-refractivity contribution in [3.63, 3.8) is 0 Å².